The van der Waals surface area contributed by atoms with E-state index >= 15 is 0 Å². The van der Waals surface area contributed by atoms with Crippen LogP contribution < -0.4 is 5.32 Å². The van der Waals surface area contributed by atoms with Gasteiger partial charge in [-0.05, 0) is 48.0 Å². The number of rotatable bonds is 7. The summed E-state index contributed by atoms with van der Waals surface area (Å²) in [5.74, 6) is 0. The number of piperazine rings is 1. The molecule has 5 nitrogen and oxygen atoms in total. The second-order valence-electron chi connectivity index (χ2n) is 8.69. The summed E-state index contributed by atoms with van der Waals surface area (Å²) in [6, 6.07) is 30.2. The van der Waals surface area contributed by atoms with Gasteiger partial charge in [-0.15, -0.1) is 5.10 Å². The highest BCUT2D eigenvalue weighted by molar-refractivity contribution is 7.73. The maximum Gasteiger partial charge on any atom is 0.209 e. The van der Waals surface area contributed by atoms with E-state index in [0.29, 0.717) is 0 Å². The number of aryl methyl sites for hydroxylation is 1. The van der Waals surface area contributed by atoms with E-state index in [4.69, 9.17) is 17.3 Å². The van der Waals surface area contributed by atoms with E-state index in [1.165, 1.54) is 28.0 Å². The zero-order chi connectivity index (χ0) is 23.3. The zero-order valence-electron chi connectivity index (χ0n) is 19.3. The van der Waals surface area contributed by atoms with Gasteiger partial charge >= 0.3 is 0 Å². The predicted molar refractivity (Wildman–Crippen MR) is 143 cm³/mol. The molecule has 0 radical (unpaired) electrons. The Bertz CT molecular complexity index is 1220. The summed E-state index contributed by atoms with van der Waals surface area (Å²) in [6.45, 7) is 6.78. The van der Waals surface area contributed by atoms with E-state index in [1.807, 2.05) is 10.7 Å². The monoisotopic (exact) mass is 487 g/mol. The van der Waals surface area contributed by atoms with Gasteiger partial charge in [0.05, 0.1) is 12.7 Å². The first-order valence-corrected chi connectivity index (χ1v) is 12.9. The molecule has 0 spiro atoms. The molecule has 1 saturated heterocycles. The molecule has 174 valence electrons. The van der Waals surface area contributed by atoms with Crippen LogP contribution >= 0.6 is 23.6 Å². The maximum absolute atomic E-state index is 5.62. The molecule has 1 aliphatic rings. The van der Waals surface area contributed by atoms with Gasteiger partial charge < -0.3 is 5.32 Å². The Morgan fingerprint density at radius 1 is 0.882 bits per heavy atom. The highest BCUT2D eigenvalue weighted by atomic mass is 32.1. The Balaban J connectivity index is 1.25. The third kappa shape index (κ3) is 5.45. The van der Waals surface area contributed by atoms with Crippen LogP contribution in [0.3, 0.4) is 0 Å². The van der Waals surface area contributed by atoms with E-state index < -0.39 is 0 Å². The van der Waals surface area contributed by atoms with Crippen molar-refractivity contribution in [2.45, 2.75) is 19.6 Å². The molecule has 2 heterocycles. The van der Waals surface area contributed by atoms with Crippen LogP contribution in [0, 0.1) is 10.9 Å². The number of hydrogen-bond acceptors (Lipinski definition) is 6. The molecule has 34 heavy (non-hydrogen) atoms. The molecule has 1 fully saturated rings. The van der Waals surface area contributed by atoms with Crippen LogP contribution in [0.2, 0.25) is 0 Å². The van der Waals surface area contributed by atoms with Crippen LogP contribution in [-0.4, -0.2) is 45.8 Å². The van der Waals surface area contributed by atoms with Crippen LogP contribution in [-0.2, 0) is 6.67 Å². The standard InChI is InChI=1S/C27H29N5S2/c1-21-9-8-14-24(19-21)28-26-29-32(27(33)34-26)20-30-15-17-31(18-16-30)25(22-10-4-2-5-11-22)23-12-6-3-7-13-23/h2-14,19,25H,15-18,20H2,1H3,(H,28,29). The van der Waals surface area contributed by atoms with Crippen molar-refractivity contribution in [3.05, 3.63) is 106 Å². The molecule has 1 aromatic heterocycles. The fourth-order valence-electron chi connectivity index (χ4n) is 4.53. The number of nitrogens with one attached hydrogen (secondary N) is 1. The average molecular weight is 488 g/mol. The molecule has 7 heteroatoms. The lowest BCUT2D eigenvalue weighted by molar-refractivity contribution is 0.0848. The average Bonchev–Trinajstić information content (AvgIpc) is 3.20. The molecule has 4 aromatic rings. The molecule has 0 saturated carbocycles. The first-order chi connectivity index (χ1) is 16.7. The molecule has 0 bridgehead atoms. The van der Waals surface area contributed by atoms with Gasteiger partial charge in [-0.3, -0.25) is 9.80 Å². The highest BCUT2D eigenvalue weighted by Gasteiger charge is 2.26. The van der Waals surface area contributed by atoms with Gasteiger partial charge in [0.25, 0.3) is 0 Å². The van der Waals surface area contributed by atoms with E-state index in [0.717, 1.165) is 47.6 Å². The van der Waals surface area contributed by atoms with E-state index in [1.54, 1.807) is 0 Å². The summed E-state index contributed by atoms with van der Waals surface area (Å²) in [7, 11) is 0. The van der Waals surface area contributed by atoms with Gasteiger partial charge in [-0.1, -0.05) is 84.1 Å². The molecule has 1 aliphatic heterocycles. The van der Waals surface area contributed by atoms with Crippen LogP contribution in [0.5, 0.6) is 0 Å². The van der Waals surface area contributed by atoms with Crippen LogP contribution in [0.1, 0.15) is 22.7 Å². The Morgan fingerprint density at radius 3 is 2.15 bits per heavy atom. The Labute approximate surface area is 210 Å². The van der Waals surface area contributed by atoms with E-state index in [9.17, 15) is 0 Å². The van der Waals surface area contributed by atoms with Crippen molar-refractivity contribution < 1.29 is 0 Å². The minimum absolute atomic E-state index is 0.274. The third-order valence-electron chi connectivity index (χ3n) is 6.21. The highest BCUT2D eigenvalue weighted by Crippen LogP contribution is 2.29. The van der Waals surface area contributed by atoms with Crippen molar-refractivity contribution in [2.75, 3.05) is 31.5 Å². The maximum atomic E-state index is 5.62. The summed E-state index contributed by atoms with van der Waals surface area (Å²) in [6.07, 6.45) is 0. The minimum atomic E-state index is 0.274. The second kappa shape index (κ2) is 10.6. The van der Waals surface area contributed by atoms with Crippen molar-refractivity contribution in [1.82, 2.24) is 19.6 Å². The summed E-state index contributed by atoms with van der Waals surface area (Å²) in [5, 5.41) is 8.97. The molecule has 0 aliphatic carbocycles. The molecule has 3 aromatic carbocycles. The second-order valence-corrected chi connectivity index (χ2v) is 10.3. The first-order valence-electron chi connectivity index (χ1n) is 11.6. The number of hydrogen-bond donors (Lipinski definition) is 1. The molecule has 1 N–H and O–H groups in total. The number of anilines is 2. The van der Waals surface area contributed by atoms with Crippen LogP contribution in [0.25, 0.3) is 0 Å². The predicted octanol–water partition coefficient (Wildman–Crippen LogP) is 6.09. The van der Waals surface area contributed by atoms with Crippen molar-refractivity contribution >= 4 is 34.4 Å². The van der Waals surface area contributed by atoms with Crippen molar-refractivity contribution in [3.63, 3.8) is 0 Å². The summed E-state index contributed by atoms with van der Waals surface area (Å²) in [5.41, 5.74) is 4.94. The lowest BCUT2D eigenvalue weighted by atomic mass is 9.96. The fourth-order valence-corrected chi connectivity index (χ4v) is 5.54. The quantitative estimate of drug-likeness (QED) is 0.319. The fraction of sp³-hybridized carbons (Fsp3) is 0.259. The smallest absolute Gasteiger partial charge is 0.209 e. The lowest BCUT2D eigenvalue weighted by Crippen LogP contribution is -2.48. The minimum Gasteiger partial charge on any atom is -0.330 e. The first kappa shape index (κ1) is 22.9. The van der Waals surface area contributed by atoms with Gasteiger partial charge in [-0.2, -0.15) is 0 Å². The summed E-state index contributed by atoms with van der Waals surface area (Å²) in [4.78, 5) is 5.03. The Hall–Kier alpha value is -2.84. The van der Waals surface area contributed by atoms with Crippen LogP contribution in [0.4, 0.5) is 10.8 Å². The Kier molecular flexibility index (Phi) is 7.16. The molecular formula is C27H29N5S2. The normalized spacial score (nSPS) is 15.0. The largest absolute Gasteiger partial charge is 0.330 e. The molecule has 0 unspecified atom stereocenters. The number of benzene rings is 3. The Morgan fingerprint density at radius 2 is 1.53 bits per heavy atom. The van der Waals surface area contributed by atoms with Gasteiger partial charge in [0.1, 0.15) is 0 Å². The SMILES string of the molecule is Cc1cccc(Nc2nn(CN3CCN(C(c4ccccc4)c4ccccc4)CC3)c(=S)s2)c1. The van der Waals surface area contributed by atoms with Crippen molar-refractivity contribution in [1.29, 1.82) is 0 Å². The van der Waals surface area contributed by atoms with Crippen LogP contribution in [0.15, 0.2) is 84.9 Å². The summed E-state index contributed by atoms with van der Waals surface area (Å²) >= 11 is 7.14. The molecule has 5 rings (SSSR count). The van der Waals surface area contributed by atoms with Gasteiger partial charge in [-0.25, -0.2) is 4.68 Å². The van der Waals surface area contributed by atoms with Gasteiger partial charge in [0, 0.05) is 31.9 Å². The zero-order valence-corrected chi connectivity index (χ0v) is 20.9. The van der Waals surface area contributed by atoms with E-state index in [2.05, 4.69) is 101 Å². The molecule has 0 atom stereocenters. The molecular weight excluding hydrogens is 458 g/mol. The van der Waals surface area contributed by atoms with Crippen molar-refractivity contribution in [3.8, 4) is 0 Å². The number of aromatic nitrogens is 2. The third-order valence-corrected chi connectivity index (χ3v) is 7.44. The van der Waals surface area contributed by atoms with Gasteiger partial charge in [0.15, 0.2) is 3.95 Å². The topological polar surface area (TPSA) is 36.3 Å². The van der Waals surface area contributed by atoms with Gasteiger partial charge in [0.2, 0.25) is 5.13 Å². The number of nitrogens with zero attached hydrogens (tertiary/aromatic N) is 4. The van der Waals surface area contributed by atoms with E-state index in [-0.39, 0.29) is 6.04 Å². The van der Waals surface area contributed by atoms with Crippen molar-refractivity contribution in [2.24, 2.45) is 0 Å². The molecule has 0 amide bonds. The lowest BCUT2D eigenvalue weighted by Gasteiger charge is -2.39. The summed E-state index contributed by atoms with van der Waals surface area (Å²) < 4.78 is 2.74.